The minimum absolute atomic E-state index is 0.165. The van der Waals surface area contributed by atoms with E-state index in [4.69, 9.17) is 14.2 Å². The van der Waals surface area contributed by atoms with Gasteiger partial charge in [0.15, 0.2) is 34.5 Å². The number of alkyl halides is 3. The Labute approximate surface area is 271 Å². The second-order valence-electron chi connectivity index (χ2n) is 11.0. The van der Waals surface area contributed by atoms with Gasteiger partial charge in [0.2, 0.25) is 0 Å². The number of amides is 1. The lowest BCUT2D eigenvalue weighted by molar-refractivity contribution is -0.143. The van der Waals surface area contributed by atoms with Crippen molar-refractivity contribution in [2.45, 2.75) is 25.4 Å². The number of ether oxygens (including phenoxy) is 3. The van der Waals surface area contributed by atoms with Crippen molar-refractivity contribution < 1.29 is 41.0 Å². The fourth-order valence-corrected chi connectivity index (χ4v) is 5.39. The molecule has 1 saturated heterocycles. The summed E-state index contributed by atoms with van der Waals surface area (Å²) in [6, 6.07) is 12.3. The normalized spacial score (nSPS) is 13.5. The summed E-state index contributed by atoms with van der Waals surface area (Å²) in [6.45, 7) is 3.66. The molecule has 1 fully saturated rings. The van der Waals surface area contributed by atoms with Crippen LogP contribution in [0.15, 0.2) is 66.9 Å². The Morgan fingerprint density at radius 1 is 0.938 bits per heavy atom. The second-order valence-corrected chi connectivity index (χ2v) is 11.0. The van der Waals surface area contributed by atoms with Crippen molar-refractivity contribution in [1.29, 1.82) is 0 Å². The van der Waals surface area contributed by atoms with Gasteiger partial charge in [0.05, 0.1) is 24.9 Å². The number of methoxy groups -OCH3 is 1. The number of carbonyl (C=O) groups excluding carboxylic acids is 1. The first-order valence-corrected chi connectivity index (χ1v) is 15.0. The number of fused-ring (bicyclic) bond motifs is 1. The Hall–Kier alpha value is -5.31. The van der Waals surface area contributed by atoms with E-state index in [1.807, 2.05) is 0 Å². The fraction of sp³-hybridized carbons (Fsp3) is 0.273. The molecule has 10 nitrogen and oxygen atoms in total. The third kappa shape index (κ3) is 7.15. The molecule has 0 bridgehead atoms. The van der Waals surface area contributed by atoms with E-state index in [0.29, 0.717) is 33.7 Å². The van der Waals surface area contributed by atoms with E-state index in [9.17, 15) is 22.4 Å². The van der Waals surface area contributed by atoms with E-state index in [0.717, 1.165) is 56.4 Å². The molecular formula is C33H29F5N6O4. The Morgan fingerprint density at radius 2 is 1.71 bits per heavy atom. The van der Waals surface area contributed by atoms with Gasteiger partial charge in [-0.05, 0) is 80.9 Å². The van der Waals surface area contributed by atoms with Crippen molar-refractivity contribution in [3.8, 4) is 28.7 Å². The number of benzene rings is 3. The van der Waals surface area contributed by atoms with E-state index in [1.54, 1.807) is 12.1 Å². The first-order chi connectivity index (χ1) is 23.1. The van der Waals surface area contributed by atoms with Crippen LogP contribution in [0.3, 0.4) is 0 Å². The van der Waals surface area contributed by atoms with Crippen LogP contribution in [0.2, 0.25) is 0 Å². The first kappa shape index (κ1) is 32.6. The quantitative estimate of drug-likeness (QED) is 0.118. The maximum absolute atomic E-state index is 15.2. The fourth-order valence-electron chi connectivity index (χ4n) is 5.39. The summed E-state index contributed by atoms with van der Waals surface area (Å²) < 4.78 is 88.2. The van der Waals surface area contributed by atoms with Crippen LogP contribution in [-0.2, 0) is 6.18 Å². The minimum Gasteiger partial charge on any atom is -0.493 e. The highest BCUT2D eigenvalue weighted by Gasteiger charge is 2.42. The number of nitrogens with zero attached hydrogens (tertiary/aromatic N) is 5. The monoisotopic (exact) mass is 668 g/mol. The Kier molecular flexibility index (Phi) is 9.39. The molecule has 1 amide bonds. The zero-order valence-corrected chi connectivity index (χ0v) is 25.6. The van der Waals surface area contributed by atoms with Gasteiger partial charge in [-0.3, -0.25) is 9.78 Å². The third-order valence-corrected chi connectivity index (χ3v) is 7.70. The molecule has 48 heavy (non-hydrogen) atoms. The summed E-state index contributed by atoms with van der Waals surface area (Å²) >= 11 is 0. The van der Waals surface area contributed by atoms with E-state index < -0.39 is 35.1 Å². The van der Waals surface area contributed by atoms with E-state index in [-0.39, 0.29) is 22.9 Å². The molecule has 1 aliphatic rings. The standard InChI is InChI=1S/C33H29F5N6O4/c1-46-28-18-23-25(19-29(28)47-16-4-15-43-13-2-3-14-43)39-12-11-26(23)48-27-10-7-21(17-24(27)35)40-32(45)30-31(33(36,37)38)44(42-41-30)22-8-5-20(34)6-9-22/h5-12,17-19H,2-4,13-16H2,1H3,(H,40,45). The lowest BCUT2D eigenvalue weighted by Gasteiger charge is -2.16. The number of hydrogen-bond donors (Lipinski definition) is 1. The summed E-state index contributed by atoms with van der Waals surface area (Å²) in [5.74, 6) is -1.89. The topological polar surface area (TPSA) is 104 Å². The van der Waals surface area contributed by atoms with Gasteiger partial charge in [-0.25, -0.2) is 13.5 Å². The molecule has 250 valence electrons. The van der Waals surface area contributed by atoms with Gasteiger partial charge in [0.25, 0.3) is 5.91 Å². The van der Waals surface area contributed by atoms with Gasteiger partial charge in [-0.15, -0.1) is 5.10 Å². The van der Waals surface area contributed by atoms with Gasteiger partial charge >= 0.3 is 6.18 Å². The summed E-state index contributed by atoms with van der Waals surface area (Å²) in [7, 11) is 1.50. The highest BCUT2D eigenvalue weighted by atomic mass is 19.4. The Balaban J connectivity index is 1.17. The molecule has 1 N–H and O–H groups in total. The number of likely N-dealkylation sites (tertiary alicyclic amines) is 1. The summed E-state index contributed by atoms with van der Waals surface area (Å²) in [5, 5.41) is 9.57. The van der Waals surface area contributed by atoms with Gasteiger partial charge in [0.1, 0.15) is 11.6 Å². The van der Waals surface area contributed by atoms with Crippen molar-refractivity contribution in [2.24, 2.45) is 0 Å². The Bertz CT molecular complexity index is 1930. The molecule has 0 unspecified atom stereocenters. The van der Waals surface area contributed by atoms with Crippen molar-refractivity contribution in [3.63, 3.8) is 0 Å². The van der Waals surface area contributed by atoms with E-state index >= 15 is 4.39 Å². The van der Waals surface area contributed by atoms with Crippen LogP contribution in [0.1, 0.15) is 35.4 Å². The maximum atomic E-state index is 15.2. The third-order valence-electron chi connectivity index (χ3n) is 7.70. The Morgan fingerprint density at radius 3 is 2.42 bits per heavy atom. The van der Waals surface area contributed by atoms with Gasteiger partial charge in [-0.1, -0.05) is 5.21 Å². The van der Waals surface area contributed by atoms with Gasteiger partial charge in [-0.2, -0.15) is 13.2 Å². The number of halogens is 5. The van der Waals surface area contributed by atoms with Gasteiger partial charge in [0, 0.05) is 35.9 Å². The van der Waals surface area contributed by atoms with Crippen molar-refractivity contribution in [2.75, 3.05) is 38.7 Å². The average Bonchev–Trinajstić information content (AvgIpc) is 3.75. The van der Waals surface area contributed by atoms with Crippen LogP contribution in [0.25, 0.3) is 16.6 Å². The van der Waals surface area contributed by atoms with Crippen LogP contribution in [0.5, 0.6) is 23.0 Å². The molecule has 0 saturated carbocycles. The lowest BCUT2D eigenvalue weighted by Crippen LogP contribution is -2.21. The minimum atomic E-state index is -5.05. The molecule has 0 atom stereocenters. The first-order valence-electron chi connectivity index (χ1n) is 15.0. The summed E-state index contributed by atoms with van der Waals surface area (Å²) in [4.78, 5) is 19.7. The number of hydrogen-bond acceptors (Lipinski definition) is 8. The van der Waals surface area contributed by atoms with Crippen molar-refractivity contribution in [3.05, 3.63) is 89.9 Å². The highest BCUT2D eigenvalue weighted by molar-refractivity contribution is 6.03. The molecule has 6 rings (SSSR count). The second kappa shape index (κ2) is 13.8. The highest BCUT2D eigenvalue weighted by Crippen LogP contribution is 2.38. The number of nitrogens with one attached hydrogen (secondary N) is 1. The molecule has 15 heteroatoms. The van der Waals surface area contributed by atoms with Crippen molar-refractivity contribution >= 4 is 22.5 Å². The predicted molar refractivity (Wildman–Crippen MR) is 165 cm³/mol. The molecule has 0 spiro atoms. The zero-order valence-electron chi connectivity index (χ0n) is 25.6. The number of pyridine rings is 1. The predicted octanol–water partition coefficient (Wildman–Crippen LogP) is 7.03. The SMILES string of the molecule is COc1cc2c(Oc3ccc(NC(=O)c4nnn(-c5ccc(F)cc5)c4C(F)(F)F)cc3F)ccnc2cc1OCCCN1CCCC1. The summed E-state index contributed by atoms with van der Waals surface area (Å²) in [6.07, 6.45) is -0.266. The largest absolute Gasteiger partial charge is 0.493 e. The van der Waals surface area contributed by atoms with Crippen LogP contribution in [0.4, 0.5) is 27.6 Å². The smallest absolute Gasteiger partial charge is 0.435 e. The van der Waals surface area contributed by atoms with Crippen LogP contribution in [0, 0.1) is 11.6 Å². The molecule has 2 aromatic heterocycles. The van der Waals surface area contributed by atoms with Crippen molar-refractivity contribution in [1.82, 2.24) is 24.9 Å². The van der Waals surface area contributed by atoms with Gasteiger partial charge < -0.3 is 24.4 Å². The van der Waals surface area contributed by atoms with Crippen LogP contribution >= 0.6 is 0 Å². The van der Waals surface area contributed by atoms with E-state index in [2.05, 4.69) is 25.5 Å². The molecule has 0 radical (unpaired) electrons. The van der Waals surface area contributed by atoms with Crippen LogP contribution < -0.4 is 19.5 Å². The summed E-state index contributed by atoms with van der Waals surface area (Å²) in [5.41, 5.74) is -2.36. The zero-order chi connectivity index (χ0) is 33.8. The number of rotatable bonds is 11. The molecule has 1 aliphatic heterocycles. The number of anilines is 1. The molecular weight excluding hydrogens is 639 g/mol. The number of carbonyl (C=O) groups is 1. The molecule has 0 aliphatic carbocycles. The number of aromatic nitrogens is 4. The molecule has 3 heterocycles. The van der Waals surface area contributed by atoms with Crippen LogP contribution in [-0.4, -0.2) is 64.1 Å². The van der Waals surface area contributed by atoms with E-state index in [1.165, 1.54) is 44.3 Å². The molecule has 5 aromatic rings. The maximum Gasteiger partial charge on any atom is 0.435 e. The average molecular weight is 669 g/mol. The molecule has 3 aromatic carbocycles. The lowest BCUT2D eigenvalue weighted by atomic mass is 10.1.